The van der Waals surface area contributed by atoms with Gasteiger partial charge in [0.1, 0.15) is 10.6 Å². The summed E-state index contributed by atoms with van der Waals surface area (Å²) in [6.07, 6.45) is 1.58. The van der Waals surface area contributed by atoms with Crippen molar-refractivity contribution in [3.63, 3.8) is 0 Å². The molecule has 0 bridgehead atoms. The van der Waals surface area contributed by atoms with Gasteiger partial charge < -0.3 is 14.5 Å². The highest BCUT2D eigenvalue weighted by molar-refractivity contribution is 7.93. The van der Waals surface area contributed by atoms with Crippen molar-refractivity contribution in [3.8, 4) is 5.75 Å². The lowest BCUT2D eigenvalue weighted by Gasteiger charge is -2.36. The van der Waals surface area contributed by atoms with Crippen LogP contribution in [0, 0.1) is 0 Å². The molecule has 1 aliphatic rings. The van der Waals surface area contributed by atoms with E-state index in [-0.39, 0.29) is 10.8 Å². The monoisotopic (exact) mass is 516 g/mol. The van der Waals surface area contributed by atoms with E-state index in [0.29, 0.717) is 42.9 Å². The molecule has 1 fully saturated rings. The summed E-state index contributed by atoms with van der Waals surface area (Å²) >= 11 is 0. The van der Waals surface area contributed by atoms with Gasteiger partial charge in [-0.05, 0) is 48.5 Å². The van der Waals surface area contributed by atoms with Gasteiger partial charge in [0.2, 0.25) is 0 Å². The number of pyridine rings is 1. The van der Waals surface area contributed by atoms with Crippen molar-refractivity contribution in [1.82, 2.24) is 9.88 Å². The number of nitrogens with zero attached hydrogens (tertiary/aromatic N) is 4. The Hall–Kier alpha value is -4.11. The molecule has 0 saturated carbocycles. The lowest BCUT2D eigenvalue weighted by atomic mass is 10.1. The van der Waals surface area contributed by atoms with Crippen LogP contribution in [0.2, 0.25) is 0 Å². The molecule has 0 aliphatic carbocycles. The molecular weight excluding hydrogens is 488 g/mol. The minimum Gasteiger partial charge on any atom is -0.495 e. The second kappa shape index (κ2) is 10.1. The number of piperazine rings is 1. The molecule has 9 heteroatoms. The van der Waals surface area contributed by atoms with Crippen LogP contribution in [-0.4, -0.2) is 64.5 Å². The number of methoxy groups -OCH3 is 1. The molecule has 8 nitrogen and oxygen atoms in total. The standard InChI is InChI=1S/C28H28N4O4S/c1-30(37(34,35)26-11-5-7-21-8-6-16-29-27(21)26)23-14-12-22(13-15-23)28(33)32-19-17-31(18-20-32)24-9-3-4-10-25(24)36-2/h3-16H,17-20H2,1-2H3. The molecule has 4 aromatic rings. The maximum Gasteiger partial charge on any atom is 0.266 e. The Kier molecular flexibility index (Phi) is 6.71. The third kappa shape index (κ3) is 4.70. The van der Waals surface area contributed by atoms with Gasteiger partial charge in [0.05, 0.1) is 24.0 Å². The minimum atomic E-state index is -3.85. The van der Waals surface area contributed by atoms with Gasteiger partial charge in [-0.15, -0.1) is 0 Å². The van der Waals surface area contributed by atoms with Crippen LogP contribution in [0.4, 0.5) is 11.4 Å². The summed E-state index contributed by atoms with van der Waals surface area (Å²) < 4.78 is 33.5. The van der Waals surface area contributed by atoms with Crippen LogP contribution in [-0.2, 0) is 10.0 Å². The predicted molar refractivity (Wildman–Crippen MR) is 145 cm³/mol. The molecule has 0 atom stereocenters. The molecule has 2 heterocycles. The van der Waals surface area contributed by atoms with Crippen molar-refractivity contribution in [2.75, 3.05) is 49.5 Å². The van der Waals surface area contributed by atoms with Gasteiger partial charge in [-0.1, -0.05) is 30.3 Å². The first-order chi connectivity index (χ1) is 17.9. The summed E-state index contributed by atoms with van der Waals surface area (Å²) in [6.45, 7) is 2.57. The van der Waals surface area contributed by atoms with Crippen molar-refractivity contribution in [3.05, 3.63) is 90.6 Å². The average Bonchev–Trinajstić information content (AvgIpc) is 2.96. The Labute approximate surface area is 216 Å². The number of para-hydroxylation sites is 3. The van der Waals surface area contributed by atoms with Crippen LogP contribution in [0.25, 0.3) is 10.9 Å². The number of carbonyl (C=O) groups excluding carboxylic acids is 1. The van der Waals surface area contributed by atoms with E-state index >= 15 is 0 Å². The molecule has 0 N–H and O–H groups in total. The fraction of sp³-hybridized carbons (Fsp3) is 0.214. The zero-order chi connectivity index (χ0) is 26.0. The van der Waals surface area contributed by atoms with Gasteiger partial charge in [0.25, 0.3) is 15.9 Å². The first-order valence-electron chi connectivity index (χ1n) is 12.0. The first kappa shape index (κ1) is 24.6. The molecule has 3 aromatic carbocycles. The Morgan fingerprint density at radius 3 is 2.32 bits per heavy atom. The number of benzene rings is 3. The summed E-state index contributed by atoms with van der Waals surface area (Å²) in [4.78, 5) is 21.6. The number of fused-ring (bicyclic) bond motifs is 1. The zero-order valence-corrected chi connectivity index (χ0v) is 21.6. The molecule has 37 heavy (non-hydrogen) atoms. The molecule has 1 saturated heterocycles. The Morgan fingerprint density at radius 2 is 1.59 bits per heavy atom. The average molecular weight is 517 g/mol. The van der Waals surface area contributed by atoms with Crippen molar-refractivity contribution >= 4 is 38.2 Å². The lowest BCUT2D eigenvalue weighted by Crippen LogP contribution is -2.48. The topological polar surface area (TPSA) is 83.0 Å². The number of hydrogen-bond acceptors (Lipinski definition) is 6. The molecule has 1 amide bonds. The van der Waals surface area contributed by atoms with E-state index < -0.39 is 10.0 Å². The van der Waals surface area contributed by atoms with E-state index in [9.17, 15) is 13.2 Å². The van der Waals surface area contributed by atoms with E-state index in [4.69, 9.17) is 4.74 Å². The van der Waals surface area contributed by atoms with Crippen molar-refractivity contribution in [1.29, 1.82) is 0 Å². The summed E-state index contributed by atoms with van der Waals surface area (Å²) in [5, 5.41) is 0.753. The molecule has 1 aliphatic heterocycles. The van der Waals surface area contributed by atoms with Crippen LogP contribution in [0.15, 0.2) is 90.0 Å². The number of aromatic nitrogens is 1. The quantitative estimate of drug-likeness (QED) is 0.385. The van der Waals surface area contributed by atoms with Gasteiger partial charge in [-0.2, -0.15) is 0 Å². The highest BCUT2D eigenvalue weighted by atomic mass is 32.2. The van der Waals surface area contributed by atoms with Crippen LogP contribution >= 0.6 is 0 Å². The predicted octanol–water partition coefficient (Wildman–Crippen LogP) is 4.03. The summed E-state index contributed by atoms with van der Waals surface area (Å²) in [5.41, 5.74) is 2.43. The number of anilines is 2. The maximum absolute atomic E-state index is 13.4. The van der Waals surface area contributed by atoms with Gasteiger partial charge in [0, 0.05) is 50.4 Å². The number of sulfonamides is 1. The van der Waals surface area contributed by atoms with E-state index in [1.54, 1.807) is 55.8 Å². The van der Waals surface area contributed by atoms with Crippen LogP contribution in [0.3, 0.4) is 0 Å². The molecule has 0 spiro atoms. The first-order valence-corrected chi connectivity index (χ1v) is 13.4. The molecule has 5 rings (SSSR count). The molecule has 190 valence electrons. The van der Waals surface area contributed by atoms with E-state index in [2.05, 4.69) is 9.88 Å². The summed E-state index contributed by atoms with van der Waals surface area (Å²) in [6, 6.07) is 23.3. The van der Waals surface area contributed by atoms with Crippen molar-refractivity contribution in [2.45, 2.75) is 4.90 Å². The van der Waals surface area contributed by atoms with E-state index in [0.717, 1.165) is 16.8 Å². The Bertz CT molecular complexity index is 1530. The Balaban J connectivity index is 1.29. The number of rotatable bonds is 6. The SMILES string of the molecule is COc1ccccc1N1CCN(C(=O)c2ccc(N(C)S(=O)(=O)c3cccc4cccnc34)cc2)CC1. The third-order valence-corrected chi connectivity index (χ3v) is 8.52. The molecule has 1 aromatic heterocycles. The minimum absolute atomic E-state index is 0.0741. The highest BCUT2D eigenvalue weighted by Gasteiger charge is 2.26. The second-order valence-electron chi connectivity index (χ2n) is 8.80. The molecular formula is C28H28N4O4S. The molecule has 0 unspecified atom stereocenters. The molecule has 0 radical (unpaired) electrons. The van der Waals surface area contributed by atoms with Gasteiger partial charge >= 0.3 is 0 Å². The van der Waals surface area contributed by atoms with Crippen LogP contribution in [0.1, 0.15) is 10.4 Å². The fourth-order valence-corrected chi connectivity index (χ4v) is 5.97. The normalized spacial score (nSPS) is 14.0. The van der Waals surface area contributed by atoms with E-state index in [1.165, 1.54) is 11.4 Å². The zero-order valence-electron chi connectivity index (χ0n) is 20.7. The number of carbonyl (C=O) groups is 1. The third-order valence-electron chi connectivity index (χ3n) is 6.70. The van der Waals surface area contributed by atoms with Gasteiger partial charge in [-0.3, -0.25) is 14.1 Å². The smallest absolute Gasteiger partial charge is 0.266 e. The number of hydrogen-bond donors (Lipinski definition) is 0. The van der Waals surface area contributed by atoms with Gasteiger partial charge in [-0.25, -0.2) is 8.42 Å². The highest BCUT2D eigenvalue weighted by Crippen LogP contribution is 2.29. The fourth-order valence-electron chi connectivity index (χ4n) is 4.61. The van der Waals surface area contributed by atoms with Crippen LogP contribution < -0.4 is 13.9 Å². The van der Waals surface area contributed by atoms with E-state index in [1.807, 2.05) is 41.3 Å². The number of ether oxygens (including phenoxy) is 1. The maximum atomic E-state index is 13.4. The largest absolute Gasteiger partial charge is 0.495 e. The number of amides is 1. The van der Waals surface area contributed by atoms with Crippen molar-refractivity contribution in [2.24, 2.45) is 0 Å². The summed E-state index contributed by atoms with van der Waals surface area (Å²) in [5.74, 6) is 0.742. The summed E-state index contributed by atoms with van der Waals surface area (Å²) in [7, 11) is -0.689. The second-order valence-corrected chi connectivity index (χ2v) is 10.7. The van der Waals surface area contributed by atoms with Gasteiger partial charge in [0.15, 0.2) is 0 Å². The lowest BCUT2D eigenvalue weighted by molar-refractivity contribution is 0.0746. The Morgan fingerprint density at radius 1 is 0.892 bits per heavy atom. The van der Waals surface area contributed by atoms with Crippen molar-refractivity contribution < 1.29 is 17.9 Å². The van der Waals surface area contributed by atoms with Crippen LogP contribution in [0.5, 0.6) is 5.75 Å².